The van der Waals surface area contributed by atoms with Gasteiger partial charge in [-0.05, 0) is 37.2 Å². The summed E-state index contributed by atoms with van der Waals surface area (Å²) in [6.07, 6.45) is 15.0. The van der Waals surface area contributed by atoms with E-state index in [0.717, 1.165) is 18.6 Å². The number of hydrogen-bond donors (Lipinski definition) is 0. The Kier molecular flexibility index (Phi) is 5.23. The summed E-state index contributed by atoms with van der Waals surface area (Å²) in [5.41, 5.74) is 1.25. The number of likely N-dealkylation sites (tertiary alicyclic amines) is 1. The van der Waals surface area contributed by atoms with Gasteiger partial charge in [0.25, 0.3) is 5.91 Å². The molecule has 2 amide bonds. The summed E-state index contributed by atoms with van der Waals surface area (Å²) in [6.45, 7) is 1.21. The zero-order valence-corrected chi connectivity index (χ0v) is 18.2. The van der Waals surface area contributed by atoms with Gasteiger partial charge in [0, 0.05) is 45.1 Å². The third-order valence-electron chi connectivity index (χ3n) is 6.99. The first-order chi connectivity index (χ1) is 15.4. The minimum atomic E-state index is -0.365. The zero-order chi connectivity index (χ0) is 22.3. The van der Waals surface area contributed by atoms with Crippen molar-refractivity contribution in [1.29, 1.82) is 0 Å². The first-order valence-corrected chi connectivity index (χ1v) is 11.3. The lowest BCUT2D eigenvalue weighted by atomic mass is 9.89. The number of hydrogen-bond acceptors (Lipinski definition) is 5. The van der Waals surface area contributed by atoms with Gasteiger partial charge in [0.05, 0.1) is 17.5 Å². The van der Waals surface area contributed by atoms with E-state index >= 15 is 0 Å². The molecular weight excluding hydrogens is 406 g/mol. The number of aromatic nitrogens is 2. The fraction of sp³-hybridized carbons (Fsp3) is 0.500. The maximum Gasteiger partial charge on any atom is 0.260 e. The number of fused-ring (bicyclic) bond motifs is 1. The van der Waals surface area contributed by atoms with E-state index in [1.54, 1.807) is 24.1 Å². The monoisotopic (exact) mass is 433 g/mol. The Hall–Kier alpha value is -3.16. The summed E-state index contributed by atoms with van der Waals surface area (Å²) < 4.78 is 1.64. The molecule has 166 valence electrons. The van der Waals surface area contributed by atoms with Gasteiger partial charge >= 0.3 is 0 Å². The highest BCUT2D eigenvalue weighted by Gasteiger charge is 2.47. The molecule has 2 fully saturated rings. The van der Waals surface area contributed by atoms with Gasteiger partial charge in [-0.2, -0.15) is 10.1 Å². The topological polar surface area (TPSA) is 97.0 Å². The molecule has 1 unspecified atom stereocenters. The lowest BCUT2D eigenvalue weighted by Crippen LogP contribution is -2.41. The Morgan fingerprint density at radius 3 is 2.62 bits per heavy atom. The van der Waals surface area contributed by atoms with E-state index in [4.69, 9.17) is 0 Å². The number of carbonyl (C=O) groups excluding carboxylic acids is 3. The van der Waals surface area contributed by atoms with Crippen LogP contribution in [0.3, 0.4) is 0 Å². The summed E-state index contributed by atoms with van der Waals surface area (Å²) in [5.74, 6) is 0.204. The minimum absolute atomic E-state index is 0.0536. The highest BCUT2D eigenvalue weighted by atomic mass is 16.2. The quantitative estimate of drug-likeness (QED) is 0.644. The molecule has 5 rings (SSSR count). The lowest BCUT2D eigenvalue weighted by Gasteiger charge is -2.32. The van der Waals surface area contributed by atoms with Crippen LogP contribution in [-0.2, 0) is 16.6 Å². The third kappa shape index (κ3) is 4.13. The summed E-state index contributed by atoms with van der Waals surface area (Å²) in [5, 5.41) is 4.08. The first kappa shape index (κ1) is 20.7. The van der Waals surface area contributed by atoms with Crippen LogP contribution in [0, 0.1) is 17.3 Å². The number of rotatable bonds is 6. The normalized spacial score (nSPS) is 24.1. The van der Waals surface area contributed by atoms with E-state index in [1.165, 1.54) is 0 Å². The number of ketones is 1. The fourth-order valence-corrected chi connectivity index (χ4v) is 4.83. The molecule has 0 N–H and O–H groups in total. The van der Waals surface area contributed by atoms with Gasteiger partial charge in [-0.25, -0.2) is 4.99 Å². The average molecular weight is 434 g/mol. The highest BCUT2D eigenvalue weighted by molar-refractivity contribution is 6.21. The van der Waals surface area contributed by atoms with E-state index in [0.29, 0.717) is 50.2 Å². The number of allylic oxidation sites excluding steroid dienone is 3. The van der Waals surface area contributed by atoms with Crippen LogP contribution in [0.5, 0.6) is 0 Å². The molecule has 2 aliphatic carbocycles. The Morgan fingerprint density at radius 2 is 1.94 bits per heavy atom. The summed E-state index contributed by atoms with van der Waals surface area (Å²) in [6, 6.07) is 0. The number of amidine groups is 1. The number of aliphatic imine (C=N–C) groups is 2. The number of carbonyl (C=O) groups is 3. The van der Waals surface area contributed by atoms with Crippen molar-refractivity contribution in [1.82, 2.24) is 14.7 Å². The van der Waals surface area contributed by atoms with Crippen molar-refractivity contribution in [2.45, 2.75) is 38.5 Å². The highest BCUT2D eigenvalue weighted by Crippen LogP contribution is 2.52. The molecule has 0 radical (unpaired) electrons. The molecule has 0 bridgehead atoms. The molecule has 1 aromatic heterocycles. The molecule has 3 heterocycles. The molecule has 0 spiro atoms. The summed E-state index contributed by atoms with van der Waals surface area (Å²) in [7, 11) is 1.80. The largest absolute Gasteiger partial charge is 0.343 e. The molecule has 2 aliphatic heterocycles. The van der Waals surface area contributed by atoms with Crippen LogP contribution >= 0.6 is 0 Å². The fourth-order valence-electron chi connectivity index (χ4n) is 4.83. The number of nitrogens with zero attached hydrogens (tertiary/aromatic N) is 5. The van der Waals surface area contributed by atoms with E-state index in [9.17, 15) is 14.4 Å². The molecular formula is C24H27N5O3. The minimum Gasteiger partial charge on any atom is -0.343 e. The SMILES string of the molecule is Cn1cc(C(=O)C2CCN(C(=O)CC3(CC4=NC(=O)C5C=CC=CC5=N4)CC3)CC2)cn1. The summed E-state index contributed by atoms with van der Waals surface area (Å²) >= 11 is 0. The molecule has 32 heavy (non-hydrogen) atoms. The Labute approximate surface area is 186 Å². The maximum absolute atomic E-state index is 13.0. The van der Waals surface area contributed by atoms with Crippen LogP contribution in [0.25, 0.3) is 0 Å². The van der Waals surface area contributed by atoms with Crippen molar-refractivity contribution >= 4 is 29.1 Å². The molecule has 8 nitrogen and oxygen atoms in total. The van der Waals surface area contributed by atoms with E-state index in [2.05, 4.69) is 15.1 Å². The predicted molar refractivity (Wildman–Crippen MR) is 119 cm³/mol. The molecule has 1 aromatic rings. The smallest absolute Gasteiger partial charge is 0.260 e. The second kappa shape index (κ2) is 8.07. The number of aryl methyl sites for hydroxylation is 1. The van der Waals surface area contributed by atoms with Crippen LogP contribution in [0.2, 0.25) is 0 Å². The van der Waals surface area contributed by atoms with Gasteiger partial charge in [-0.3, -0.25) is 19.1 Å². The van der Waals surface area contributed by atoms with Crippen LogP contribution in [0.1, 0.15) is 48.9 Å². The van der Waals surface area contributed by atoms with Gasteiger partial charge in [-0.1, -0.05) is 18.2 Å². The van der Waals surface area contributed by atoms with E-state index < -0.39 is 0 Å². The second-order valence-corrected chi connectivity index (χ2v) is 9.40. The van der Waals surface area contributed by atoms with Gasteiger partial charge in [0.15, 0.2) is 5.78 Å². The first-order valence-electron chi connectivity index (χ1n) is 11.3. The standard InChI is InChI=1S/C24H27N5O3/c1-28-15-17(14-25-28)22(31)16-6-10-29(11-7-16)21(30)13-24(8-9-24)12-20-26-19-5-3-2-4-18(19)23(32)27-20/h2-5,14-16,18H,6-13H2,1H3. The van der Waals surface area contributed by atoms with Crippen molar-refractivity contribution in [3.63, 3.8) is 0 Å². The van der Waals surface area contributed by atoms with E-state index in [1.807, 2.05) is 29.2 Å². The van der Waals surface area contributed by atoms with Crippen molar-refractivity contribution < 1.29 is 14.4 Å². The molecule has 1 atom stereocenters. The van der Waals surface area contributed by atoms with Crippen LogP contribution in [-0.4, -0.2) is 56.9 Å². The summed E-state index contributed by atoms with van der Waals surface area (Å²) in [4.78, 5) is 48.7. The molecule has 0 aromatic carbocycles. The van der Waals surface area contributed by atoms with Gasteiger partial charge in [-0.15, -0.1) is 0 Å². The van der Waals surface area contributed by atoms with Gasteiger partial charge in [0.2, 0.25) is 5.91 Å². The Bertz CT molecular complexity index is 1080. The number of amides is 2. The van der Waals surface area contributed by atoms with Crippen LogP contribution in [0.15, 0.2) is 46.7 Å². The van der Waals surface area contributed by atoms with Gasteiger partial charge in [0.1, 0.15) is 11.8 Å². The number of piperidine rings is 1. The van der Waals surface area contributed by atoms with Crippen LogP contribution < -0.4 is 0 Å². The predicted octanol–water partition coefficient (Wildman–Crippen LogP) is 2.52. The van der Waals surface area contributed by atoms with Gasteiger partial charge < -0.3 is 4.90 Å². The van der Waals surface area contributed by atoms with Crippen molar-refractivity contribution in [2.75, 3.05) is 13.1 Å². The molecule has 1 saturated carbocycles. The number of Topliss-reactive ketones (excluding diaryl/α,β-unsaturated/α-hetero) is 1. The molecule has 8 heteroatoms. The zero-order valence-electron chi connectivity index (χ0n) is 18.2. The molecule has 1 saturated heterocycles. The third-order valence-corrected chi connectivity index (χ3v) is 6.99. The Balaban J connectivity index is 1.16. The Morgan fingerprint density at radius 1 is 1.16 bits per heavy atom. The average Bonchev–Trinajstić information content (AvgIpc) is 3.39. The molecule has 4 aliphatic rings. The maximum atomic E-state index is 13.0. The second-order valence-electron chi connectivity index (χ2n) is 9.40. The lowest BCUT2D eigenvalue weighted by molar-refractivity contribution is -0.133. The van der Waals surface area contributed by atoms with E-state index in [-0.39, 0.29) is 34.8 Å². The van der Waals surface area contributed by atoms with Crippen molar-refractivity contribution in [2.24, 2.45) is 34.3 Å². The van der Waals surface area contributed by atoms with Crippen molar-refractivity contribution in [3.8, 4) is 0 Å². The van der Waals surface area contributed by atoms with Crippen molar-refractivity contribution in [3.05, 3.63) is 42.3 Å². The van der Waals surface area contributed by atoms with Crippen LogP contribution in [0.4, 0.5) is 0 Å².